The summed E-state index contributed by atoms with van der Waals surface area (Å²) in [6.07, 6.45) is 3.70. The number of aryl methyl sites for hydroxylation is 2. The highest BCUT2D eigenvalue weighted by Crippen LogP contribution is 2.26. The molecule has 0 aliphatic rings. The third-order valence-corrected chi connectivity index (χ3v) is 3.86. The lowest BCUT2D eigenvalue weighted by Gasteiger charge is -2.11. The van der Waals surface area contributed by atoms with Crippen LogP contribution in [0.5, 0.6) is 0 Å². The van der Waals surface area contributed by atoms with Gasteiger partial charge in [-0.2, -0.15) is 0 Å². The van der Waals surface area contributed by atoms with Crippen LogP contribution in [-0.2, 0) is 6.54 Å². The molecule has 0 amide bonds. The zero-order chi connectivity index (χ0) is 14.5. The summed E-state index contributed by atoms with van der Waals surface area (Å²) in [5.74, 6) is 0. The van der Waals surface area contributed by atoms with Gasteiger partial charge >= 0.3 is 0 Å². The number of rotatable bonds is 5. The predicted octanol–water partition coefficient (Wildman–Crippen LogP) is 3.74. The second kappa shape index (κ2) is 6.86. The molecular weight excluding hydrogens is 266 g/mol. The lowest BCUT2D eigenvalue weighted by atomic mass is 10.1. The van der Waals surface area contributed by atoms with Gasteiger partial charge in [-0.05, 0) is 54.4 Å². The summed E-state index contributed by atoms with van der Waals surface area (Å²) in [5.41, 5.74) is 3.73. The van der Waals surface area contributed by atoms with Gasteiger partial charge in [0, 0.05) is 29.9 Å². The molecule has 4 heteroatoms. The van der Waals surface area contributed by atoms with Crippen LogP contribution in [0.15, 0.2) is 40.6 Å². The maximum absolute atomic E-state index is 4.32. The first kappa shape index (κ1) is 15.0. The molecule has 2 aromatic rings. The second-order valence-corrected chi connectivity index (χ2v) is 6.31. The molecule has 1 aromatic carbocycles. The van der Waals surface area contributed by atoms with Crippen molar-refractivity contribution in [1.82, 2.24) is 15.3 Å². The van der Waals surface area contributed by atoms with Gasteiger partial charge in [0.1, 0.15) is 0 Å². The Morgan fingerprint density at radius 2 is 1.85 bits per heavy atom. The molecule has 1 N–H and O–H groups in total. The number of hydrogen-bond acceptors (Lipinski definition) is 4. The van der Waals surface area contributed by atoms with E-state index in [9.17, 15) is 0 Å². The fraction of sp³-hybridized carbons (Fsp3) is 0.375. The summed E-state index contributed by atoms with van der Waals surface area (Å²) in [5, 5.41) is 4.24. The van der Waals surface area contributed by atoms with Gasteiger partial charge in [0.15, 0.2) is 5.16 Å². The molecule has 2 rings (SSSR count). The van der Waals surface area contributed by atoms with Crippen LogP contribution in [0.3, 0.4) is 0 Å². The van der Waals surface area contributed by atoms with Crippen LogP contribution >= 0.6 is 11.8 Å². The minimum absolute atomic E-state index is 0.504. The average Bonchev–Trinajstić information content (AvgIpc) is 2.40. The van der Waals surface area contributed by atoms with Crippen LogP contribution in [-0.4, -0.2) is 16.0 Å². The predicted molar refractivity (Wildman–Crippen MR) is 84.0 cm³/mol. The Labute approximate surface area is 125 Å². The molecule has 0 aliphatic carbocycles. The van der Waals surface area contributed by atoms with E-state index in [1.165, 1.54) is 16.0 Å². The summed E-state index contributed by atoms with van der Waals surface area (Å²) >= 11 is 1.60. The molecule has 0 spiro atoms. The van der Waals surface area contributed by atoms with Crippen molar-refractivity contribution in [3.63, 3.8) is 0 Å². The number of aromatic nitrogens is 2. The first-order valence-electron chi connectivity index (χ1n) is 6.84. The topological polar surface area (TPSA) is 37.8 Å². The Bertz CT molecular complexity index is 564. The quantitative estimate of drug-likeness (QED) is 0.850. The smallest absolute Gasteiger partial charge is 0.192 e. The van der Waals surface area contributed by atoms with Crippen LogP contribution in [0.4, 0.5) is 0 Å². The van der Waals surface area contributed by atoms with Crippen LogP contribution in [0, 0.1) is 13.8 Å². The van der Waals surface area contributed by atoms with Crippen molar-refractivity contribution >= 4 is 11.8 Å². The van der Waals surface area contributed by atoms with E-state index in [-0.39, 0.29) is 0 Å². The van der Waals surface area contributed by atoms with Crippen molar-refractivity contribution in [2.75, 3.05) is 0 Å². The van der Waals surface area contributed by atoms with E-state index >= 15 is 0 Å². The first-order valence-corrected chi connectivity index (χ1v) is 7.65. The van der Waals surface area contributed by atoms with Crippen molar-refractivity contribution in [2.45, 2.75) is 50.3 Å². The Kier molecular flexibility index (Phi) is 5.15. The maximum Gasteiger partial charge on any atom is 0.192 e. The fourth-order valence-corrected chi connectivity index (χ4v) is 2.58. The highest BCUT2D eigenvalue weighted by molar-refractivity contribution is 7.99. The highest BCUT2D eigenvalue weighted by Gasteiger charge is 2.04. The normalized spacial score (nSPS) is 11.1. The number of nitrogens with one attached hydrogen (secondary N) is 1. The monoisotopic (exact) mass is 287 g/mol. The second-order valence-electron chi connectivity index (χ2n) is 5.27. The van der Waals surface area contributed by atoms with Crippen molar-refractivity contribution in [3.05, 3.63) is 47.3 Å². The van der Waals surface area contributed by atoms with Crippen LogP contribution in [0.25, 0.3) is 0 Å². The molecular formula is C16H21N3S. The van der Waals surface area contributed by atoms with Gasteiger partial charge in [-0.15, -0.1) is 0 Å². The zero-order valence-corrected chi connectivity index (χ0v) is 13.3. The molecule has 0 aliphatic heterocycles. The summed E-state index contributed by atoms with van der Waals surface area (Å²) in [6.45, 7) is 9.38. The van der Waals surface area contributed by atoms with E-state index in [4.69, 9.17) is 0 Å². The van der Waals surface area contributed by atoms with Gasteiger partial charge in [-0.3, -0.25) is 0 Å². The van der Waals surface area contributed by atoms with Gasteiger partial charge < -0.3 is 5.32 Å². The Balaban J connectivity index is 2.06. The van der Waals surface area contributed by atoms with E-state index in [1.807, 2.05) is 19.3 Å². The summed E-state index contributed by atoms with van der Waals surface area (Å²) in [7, 11) is 0. The van der Waals surface area contributed by atoms with E-state index in [0.29, 0.717) is 6.04 Å². The Morgan fingerprint density at radius 3 is 2.45 bits per heavy atom. The molecule has 0 saturated heterocycles. The fourth-order valence-electron chi connectivity index (χ4n) is 1.78. The average molecular weight is 287 g/mol. The number of nitrogens with zero attached hydrogens (tertiary/aromatic N) is 2. The van der Waals surface area contributed by atoms with Crippen LogP contribution in [0.2, 0.25) is 0 Å². The van der Waals surface area contributed by atoms with Gasteiger partial charge in [0.25, 0.3) is 0 Å². The summed E-state index contributed by atoms with van der Waals surface area (Å²) in [4.78, 5) is 9.83. The molecule has 0 radical (unpaired) electrons. The van der Waals surface area contributed by atoms with Gasteiger partial charge in [0.05, 0.1) is 0 Å². The van der Waals surface area contributed by atoms with E-state index in [1.54, 1.807) is 11.8 Å². The summed E-state index contributed by atoms with van der Waals surface area (Å²) in [6, 6.07) is 7.02. The van der Waals surface area contributed by atoms with Gasteiger partial charge in [0.2, 0.25) is 0 Å². The number of hydrogen-bond donors (Lipinski definition) is 1. The van der Waals surface area contributed by atoms with Crippen molar-refractivity contribution in [1.29, 1.82) is 0 Å². The van der Waals surface area contributed by atoms with Gasteiger partial charge in [-0.1, -0.05) is 19.9 Å². The Morgan fingerprint density at radius 1 is 1.15 bits per heavy atom. The van der Waals surface area contributed by atoms with Crippen molar-refractivity contribution < 1.29 is 0 Å². The lowest BCUT2D eigenvalue weighted by Crippen LogP contribution is -2.22. The first-order chi connectivity index (χ1) is 9.54. The summed E-state index contributed by atoms with van der Waals surface area (Å²) < 4.78 is 0. The Hall–Kier alpha value is -1.39. The molecule has 106 valence electrons. The lowest BCUT2D eigenvalue weighted by molar-refractivity contribution is 0.587. The SMILES string of the molecule is Cc1cnc(Sc2ccc(CNC(C)C)c(C)c2)nc1. The molecule has 1 heterocycles. The van der Waals surface area contributed by atoms with E-state index < -0.39 is 0 Å². The molecule has 0 atom stereocenters. The molecule has 3 nitrogen and oxygen atoms in total. The van der Waals surface area contributed by atoms with Crippen molar-refractivity contribution in [2.24, 2.45) is 0 Å². The molecule has 0 saturated carbocycles. The molecule has 0 fully saturated rings. The zero-order valence-electron chi connectivity index (χ0n) is 12.5. The maximum atomic E-state index is 4.32. The minimum atomic E-state index is 0.504. The van der Waals surface area contributed by atoms with E-state index in [0.717, 1.165) is 17.3 Å². The van der Waals surface area contributed by atoms with E-state index in [2.05, 4.69) is 54.3 Å². The molecule has 0 unspecified atom stereocenters. The van der Waals surface area contributed by atoms with Crippen LogP contribution in [0.1, 0.15) is 30.5 Å². The standard InChI is InChI=1S/C16H21N3S/c1-11(2)17-10-14-5-6-15(7-13(14)4)20-16-18-8-12(3)9-19-16/h5-9,11,17H,10H2,1-4H3. The molecule has 0 bridgehead atoms. The van der Waals surface area contributed by atoms with Gasteiger partial charge in [-0.25, -0.2) is 9.97 Å². The third kappa shape index (κ3) is 4.32. The number of benzene rings is 1. The van der Waals surface area contributed by atoms with Crippen LogP contribution < -0.4 is 5.32 Å². The molecule has 1 aromatic heterocycles. The van der Waals surface area contributed by atoms with Crippen molar-refractivity contribution in [3.8, 4) is 0 Å². The molecule has 20 heavy (non-hydrogen) atoms. The minimum Gasteiger partial charge on any atom is -0.310 e. The largest absolute Gasteiger partial charge is 0.310 e. The highest BCUT2D eigenvalue weighted by atomic mass is 32.2. The third-order valence-electron chi connectivity index (χ3n) is 2.98.